The molecule has 0 aliphatic heterocycles. The van der Waals surface area contributed by atoms with Crippen LogP contribution < -0.4 is 4.74 Å². The van der Waals surface area contributed by atoms with Gasteiger partial charge in [-0.05, 0) is 74.0 Å². The molecule has 0 N–H and O–H groups in total. The highest BCUT2D eigenvalue weighted by atomic mass is 19.3. The number of hydrogen-bond acceptors (Lipinski definition) is 2. The number of hydrogen-bond donors (Lipinski definition) is 0. The summed E-state index contributed by atoms with van der Waals surface area (Å²) in [6.07, 6.45) is 6.97. The SMILES string of the molecule is COC1CCC2CC(c3ccc(OC(F)F)c(F)c3)CCC2C1. The molecule has 0 saturated heterocycles. The second-order valence-corrected chi connectivity index (χ2v) is 6.77. The fourth-order valence-corrected chi connectivity index (χ4v) is 4.33. The Morgan fingerprint density at radius 2 is 1.78 bits per heavy atom. The van der Waals surface area contributed by atoms with Crippen LogP contribution in [0.2, 0.25) is 0 Å². The predicted octanol–water partition coefficient (Wildman–Crippen LogP) is 5.13. The largest absolute Gasteiger partial charge is 0.432 e. The second kappa shape index (κ2) is 7.12. The standard InChI is InChI=1S/C18H23F3O2/c1-22-15-6-4-12-8-11(2-3-13(12)9-15)14-5-7-17(16(19)10-14)23-18(20)21/h5,7,10-13,15,18H,2-4,6,8-9H2,1H3. The lowest BCUT2D eigenvalue weighted by Gasteiger charge is -2.42. The third-order valence-electron chi connectivity index (χ3n) is 5.54. The number of fused-ring (bicyclic) bond motifs is 1. The van der Waals surface area contributed by atoms with E-state index in [1.807, 2.05) is 0 Å². The van der Waals surface area contributed by atoms with Crippen molar-refractivity contribution >= 4 is 0 Å². The summed E-state index contributed by atoms with van der Waals surface area (Å²) < 4.78 is 48.0. The molecule has 128 valence electrons. The lowest BCUT2D eigenvalue weighted by atomic mass is 9.65. The number of halogens is 3. The number of rotatable bonds is 4. The van der Waals surface area contributed by atoms with Crippen LogP contribution in [0.25, 0.3) is 0 Å². The van der Waals surface area contributed by atoms with E-state index in [0.29, 0.717) is 23.9 Å². The van der Waals surface area contributed by atoms with Crippen LogP contribution in [-0.2, 0) is 4.74 Å². The van der Waals surface area contributed by atoms with E-state index in [1.165, 1.54) is 12.1 Å². The van der Waals surface area contributed by atoms with Crippen molar-refractivity contribution < 1.29 is 22.6 Å². The van der Waals surface area contributed by atoms with E-state index in [4.69, 9.17) is 4.74 Å². The normalized spacial score (nSPS) is 31.0. The van der Waals surface area contributed by atoms with Crippen LogP contribution in [0.3, 0.4) is 0 Å². The van der Waals surface area contributed by atoms with E-state index in [0.717, 1.165) is 44.1 Å². The Morgan fingerprint density at radius 1 is 1.04 bits per heavy atom. The van der Waals surface area contributed by atoms with Gasteiger partial charge in [-0.2, -0.15) is 8.78 Å². The zero-order valence-electron chi connectivity index (χ0n) is 13.3. The molecule has 0 spiro atoms. The monoisotopic (exact) mass is 328 g/mol. The highest BCUT2D eigenvalue weighted by molar-refractivity contribution is 5.31. The van der Waals surface area contributed by atoms with Gasteiger partial charge in [0.2, 0.25) is 0 Å². The summed E-state index contributed by atoms with van der Waals surface area (Å²) in [7, 11) is 1.78. The molecule has 23 heavy (non-hydrogen) atoms. The van der Waals surface area contributed by atoms with Gasteiger partial charge in [0.05, 0.1) is 6.10 Å². The van der Waals surface area contributed by atoms with Gasteiger partial charge in [-0.15, -0.1) is 0 Å². The molecule has 3 rings (SSSR count). The van der Waals surface area contributed by atoms with Crippen LogP contribution in [0.5, 0.6) is 5.75 Å². The summed E-state index contributed by atoms with van der Waals surface area (Å²) in [5.74, 6) is 0.605. The van der Waals surface area contributed by atoms with Gasteiger partial charge in [-0.3, -0.25) is 0 Å². The molecular weight excluding hydrogens is 305 g/mol. The summed E-state index contributed by atoms with van der Waals surface area (Å²) in [5, 5.41) is 0. The average Bonchev–Trinajstić information content (AvgIpc) is 2.55. The van der Waals surface area contributed by atoms with Gasteiger partial charge in [0, 0.05) is 7.11 Å². The first-order valence-electron chi connectivity index (χ1n) is 8.34. The van der Waals surface area contributed by atoms with E-state index in [-0.39, 0.29) is 5.75 Å². The first-order valence-corrected chi connectivity index (χ1v) is 8.34. The number of ether oxygens (including phenoxy) is 2. The summed E-state index contributed by atoms with van der Waals surface area (Å²) in [6, 6.07) is 4.42. The first-order chi connectivity index (χ1) is 11.1. The van der Waals surface area contributed by atoms with E-state index < -0.39 is 12.4 Å². The minimum atomic E-state index is -3.00. The molecule has 0 heterocycles. The average molecular weight is 328 g/mol. The molecule has 0 bridgehead atoms. The topological polar surface area (TPSA) is 18.5 Å². The molecule has 0 aromatic heterocycles. The van der Waals surface area contributed by atoms with Crippen LogP contribution in [0, 0.1) is 17.7 Å². The van der Waals surface area contributed by atoms with Gasteiger partial charge in [0.25, 0.3) is 0 Å². The van der Waals surface area contributed by atoms with Crippen LogP contribution in [0.4, 0.5) is 13.2 Å². The van der Waals surface area contributed by atoms with Gasteiger partial charge in [0.15, 0.2) is 11.6 Å². The number of alkyl halides is 2. The quantitative estimate of drug-likeness (QED) is 0.763. The molecule has 2 fully saturated rings. The molecule has 2 aliphatic rings. The summed E-state index contributed by atoms with van der Waals surface area (Å²) in [6.45, 7) is -3.00. The van der Waals surface area contributed by atoms with Gasteiger partial charge < -0.3 is 9.47 Å². The Hall–Kier alpha value is -1.23. The molecule has 1 aromatic rings. The van der Waals surface area contributed by atoms with E-state index >= 15 is 0 Å². The molecular formula is C18H23F3O2. The maximum Gasteiger partial charge on any atom is 0.387 e. The highest BCUT2D eigenvalue weighted by Gasteiger charge is 2.36. The Bertz CT molecular complexity index is 535. The Labute approximate surface area is 135 Å². The molecule has 2 nitrogen and oxygen atoms in total. The highest BCUT2D eigenvalue weighted by Crippen LogP contribution is 2.46. The Kier molecular flexibility index (Phi) is 5.14. The van der Waals surface area contributed by atoms with Crippen LogP contribution in [-0.4, -0.2) is 19.8 Å². The third kappa shape index (κ3) is 3.82. The smallest absolute Gasteiger partial charge is 0.387 e. The minimum Gasteiger partial charge on any atom is -0.432 e. The van der Waals surface area contributed by atoms with E-state index in [2.05, 4.69) is 4.74 Å². The summed E-state index contributed by atoms with van der Waals surface area (Å²) >= 11 is 0. The molecule has 4 atom stereocenters. The Balaban J connectivity index is 1.66. The lowest BCUT2D eigenvalue weighted by molar-refractivity contribution is -0.0522. The van der Waals surface area contributed by atoms with Crippen molar-refractivity contribution in [3.8, 4) is 5.75 Å². The molecule has 1 aromatic carbocycles. The van der Waals surface area contributed by atoms with Gasteiger partial charge >= 0.3 is 6.61 Å². The molecule has 5 heteroatoms. The number of methoxy groups -OCH3 is 1. The van der Waals surface area contributed by atoms with E-state index in [1.54, 1.807) is 13.2 Å². The third-order valence-corrected chi connectivity index (χ3v) is 5.54. The molecule has 4 unspecified atom stereocenters. The minimum absolute atomic E-state index is 0.311. The second-order valence-electron chi connectivity index (χ2n) is 6.77. The number of benzene rings is 1. The molecule has 0 radical (unpaired) electrons. The van der Waals surface area contributed by atoms with Crippen molar-refractivity contribution in [3.05, 3.63) is 29.6 Å². The molecule has 2 saturated carbocycles. The maximum absolute atomic E-state index is 13.9. The zero-order chi connectivity index (χ0) is 16.4. The van der Waals surface area contributed by atoms with Crippen molar-refractivity contribution in [3.63, 3.8) is 0 Å². The van der Waals surface area contributed by atoms with Crippen molar-refractivity contribution in [1.82, 2.24) is 0 Å². The fourth-order valence-electron chi connectivity index (χ4n) is 4.33. The molecule has 0 amide bonds. The van der Waals surface area contributed by atoms with Crippen molar-refractivity contribution in [2.75, 3.05) is 7.11 Å². The Morgan fingerprint density at radius 3 is 2.48 bits per heavy atom. The maximum atomic E-state index is 13.9. The summed E-state index contributed by atoms with van der Waals surface area (Å²) in [5.41, 5.74) is 0.899. The van der Waals surface area contributed by atoms with E-state index in [9.17, 15) is 13.2 Å². The van der Waals surface area contributed by atoms with Crippen LogP contribution in [0.15, 0.2) is 18.2 Å². The van der Waals surface area contributed by atoms with Gasteiger partial charge in [-0.1, -0.05) is 6.07 Å². The van der Waals surface area contributed by atoms with Crippen molar-refractivity contribution in [2.45, 2.75) is 57.2 Å². The van der Waals surface area contributed by atoms with Gasteiger partial charge in [-0.25, -0.2) is 4.39 Å². The van der Waals surface area contributed by atoms with Crippen LogP contribution in [0.1, 0.15) is 50.0 Å². The van der Waals surface area contributed by atoms with Crippen molar-refractivity contribution in [2.24, 2.45) is 11.8 Å². The lowest BCUT2D eigenvalue weighted by Crippen LogP contribution is -2.33. The fraction of sp³-hybridized carbons (Fsp3) is 0.667. The van der Waals surface area contributed by atoms with Crippen LogP contribution >= 0.6 is 0 Å². The first kappa shape index (κ1) is 16.6. The van der Waals surface area contributed by atoms with Gasteiger partial charge in [0.1, 0.15) is 0 Å². The molecule has 2 aliphatic carbocycles. The predicted molar refractivity (Wildman–Crippen MR) is 81.3 cm³/mol. The summed E-state index contributed by atoms with van der Waals surface area (Å²) in [4.78, 5) is 0. The zero-order valence-corrected chi connectivity index (χ0v) is 13.3. The van der Waals surface area contributed by atoms with Crippen molar-refractivity contribution in [1.29, 1.82) is 0 Å².